The summed E-state index contributed by atoms with van der Waals surface area (Å²) in [5, 5.41) is 3.71. The molecule has 0 radical (unpaired) electrons. The van der Waals surface area contributed by atoms with Gasteiger partial charge in [-0.3, -0.25) is 0 Å². The van der Waals surface area contributed by atoms with Crippen LogP contribution in [-0.4, -0.2) is 6.54 Å². The molecule has 3 rings (SSSR count). The van der Waals surface area contributed by atoms with Crippen molar-refractivity contribution in [2.24, 2.45) is 17.8 Å². The molecule has 0 aliphatic heterocycles. The molecule has 98 valence electrons. The van der Waals surface area contributed by atoms with Crippen LogP contribution in [0.4, 0.5) is 5.69 Å². The predicted octanol–water partition coefficient (Wildman–Crippen LogP) is 4.83. The summed E-state index contributed by atoms with van der Waals surface area (Å²) in [7, 11) is 0. The first kappa shape index (κ1) is 12.3. The topological polar surface area (TPSA) is 12.0 Å². The van der Waals surface area contributed by atoms with Crippen molar-refractivity contribution in [3.63, 3.8) is 0 Å². The van der Waals surface area contributed by atoms with E-state index in [9.17, 15) is 0 Å². The van der Waals surface area contributed by atoms with E-state index < -0.39 is 0 Å². The van der Waals surface area contributed by atoms with E-state index in [0.29, 0.717) is 0 Å². The highest BCUT2D eigenvalue weighted by Gasteiger charge is 2.39. The van der Waals surface area contributed by atoms with E-state index in [1.807, 2.05) is 6.92 Å². The molecular weight excluding hydrogens is 242 g/mol. The maximum Gasteiger partial charge on any atom is 0.0577 e. The number of hydrogen-bond acceptors (Lipinski definition) is 1. The van der Waals surface area contributed by atoms with Crippen LogP contribution in [0, 0.1) is 17.8 Å². The van der Waals surface area contributed by atoms with Crippen LogP contribution in [0.25, 0.3) is 0 Å². The maximum absolute atomic E-state index is 6.23. The van der Waals surface area contributed by atoms with E-state index in [-0.39, 0.29) is 5.38 Å². The summed E-state index contributed by atoms with van der Waals surface area (Å²) in [6, 6.07) is 8.44. The molecule has 18 heavy (non-hydrogen) atoms. The Kier molecular flexibility index (Phi) is 3.52. The second kappa shape index (κ2) is 5.13. The van der Waals surface area contributed by atoms with Gasteiger partial charge >= 0.3 is 0 Å². The van der Waals surface area contributed by atoms with Gasteiger partial charge in [0.1, 0.15) is 0 Å². The number of rotatable bonds is 4. The summed E-state index contributed by atoms with van der Waals surface area (Å²) in [5.41, 5.74) is 2.45. The molecule has 0 heterocycles. The van der Waals surface area contributed by atoms with Crippen molar-refractivity contribution in [3.05, 3.63) is 29.8 Å². The summed E-state index contributed by atoms with van der Waals surface area (Å²) in [6.45, 7) is 3.17. The first-order chi connectivity index (χ1) is 8.74. The summed E-state index contributed by atoms with van der Waals surface area (Å²) in [5.74, 6) is 2.91. The third-order valence-corrected chi connectivity index (χ3v) is 5.06. The molecule has 0 amide bonds. The molecule has 1 aromatic rings. The van der Waals surface area contributed by atoms with E-state index in [2.05, 4.69) is 29.6 Å². The lowest BCUT2D eigenvalue weighted by molar-refractivity contribution is 0.348. The summed E-state index contributed by atoms with van der Waals surface area (Å²) < 4.78 is 0. The lowest BCUT2D eigenvalue weighted by atomic mass is 9.89. The predicted molar refractivity (Wildman–Crippen MR) is 78.1 cm³/mol. The quantitative estimate of drug-likeness (QED) is 0.767. The van der Waals surface area contributed by atoms with Gasteiger partial charge in [0.2, 0.25) is 0 Å². The fourth-order valence-corrected chi connectivity index (χ4v) is 4.06. The largest absolute Gasteiger partial charge is 0.384 e. The second-order valence-corrected chi connectivity index (χ2v) is 6.67. The number of fused-ring (bicyclic) bond motifs is 2. The Balaban J connectivity index is 1.63. The van der Waals surface area contributed by atoms with Crippen LogP contribution in [-0.2, 0) is 0 Å². The number of para-hydroxylation sites is 1. The number of hydrogen-bond donors (Lipinski definition) is 1. The number of halogens is 1. The van der Waals surface area contributed by atoms with Gasteiger partial charge in [0.05, 0.1) is 5.38 Å². The molecule has 0 spiro atoms. The first-order valence-corrected chi connectivity index (χ1v) is 7.64. The minimum atomic E-state index is 0.0775. The van der Waals surface area contributed by atoms with Gasteiger partial charge in [0, 0.05) is 12.2 Å². The molecule has 4 atom stereocenters. The fourth-order valence-electron chi connectivity index (χ4n) is 3.87. The van der Waals surface area contributed by atoms with Gasteiger partial charge in [0.25, 0.3) is 0 Å². The zero-order valence-corrected chi connectivity index (χ0v) is 11.8. The highest BCUT2D eigenvalue weighted by molar-refractivity contribution is 6.21. The fraction of sp³-hybridized carbons (Fsp3) is 0.625. The summed E-state index contributed by atoms with van der Waals surface area (Å²) in [6.07, 6.45) is 5.87. The monoisotopic (exact) mass is 263 g/mol. The highest BCUT2D eigenvalue weighted by atomic mass is 35.5. The second-order valence-electron chi connectivity index (χ2n) is 6.02. The van der Waals surface area contributed by atoms with Gasteiger partial charge in [-0.1, -0.05) is 24.6 Å². The molecule has 1 aromatic carbocycles. The Hall–Kier alpha value is -0.690. The number of benzene rings is 1. The van der Waals surface area contributed by atoms with Crippen molar-refractivity contribution >= 4 is 17.3 Å². The number of nitrogens with one attached hydrogen (secondary N) is 1. The maximum atomic E-state index is 6.23. The van der Waals surface area contributed by atoms with Gasteiger partial charge in [0.15, 0.2) is 0 Å². The van der Waals surface area contributed by atoms with Gasteiger partial charge in [-0.05, 0) is 55.6 Å². The molecule has 0 saturated heterocycles. The van der Waals surface area contributed by atoms with Crippen LogP contribution in [0.1, 0.15) is 43.5 Å². The van der Waals surface area contributed by atoms with Crippen molar-refractivity contribution in [3.8, 4) is 0 Å². The third-order valence-electron chi connectivity index (χ3n) is 4.83. The van der Waals surface area contributed by atoms with Crippen molar-refractivity contribution < 1.29 is 0 Å². The summed E-state index contributed by atoms with van der Waals surface area (Å²) >= 11 is 6.23. The Labute approximate surface area is 115 Å². The Morgan fingerprint density at radius 1 is 1.28 bits per heavy atom. The zero-order valence-electron chi connectivity index (χ0n) is 11.0. The van der Waals surface area contributed by atoms with Crippen molar-refractivity contribution in [1.29, 1.82) is 0 Å². The zero-order chi connectivity index (χ0) is 12.5. The third kappa shape index (κ3) is 2.38. The van der Waals surface area contributed by atoms with Crippen LogP contribution >= 0.6 is 11.6 Å². The van der Waals surface area contributed by atoms with Crippen molar-refractivity contribution in [1.82, 2.24) is 0 Å². The normalized spacial score (nSPS) is 31.6. The van der Waals surface area contributed by atoms with Crippen molar-refractivity contribution in [2.75, 3.05) is 11.9 Å². The van der Waals surface area contributed by atoms with Gasteiger partial charge in [-0.15, -0.1) is 11.6 Å². The number of alkyl halides is 1. The van der Waals surface area contributed by atoms with E-state index >= 15 is 0 Å². The molecule has 2 aliphatic carbocycles. The minimum absolute atomic E-state index is 0.0775. The van der Waals surface area contributed by atoms with Crippen LogP contribution in [0.5, 0.6) is 0 Å². The van der Waals surface area contributed by atoms with Gasteiger partial charge in [-0.2, -0.15) is 0 Å². The SMILES string of the molecule is CC(Cl)c1ccccc1NCC1CC2CCC1C2. The minimum Gasteiger partial charge on any atom is -0.384 e. The van der Waals surface area contributed by atoms with E-state index in [1.54, 1.807) is 0 Å². The van der Waals surface area contributed by atoms with Gasteiger partial charge in [-0.25, -0.2) is 0 Å². The molecule has 2 heteroatoms. The molecular formula is C16H22ClN. The lowest BCUT2D eigenvalue weighted by Crippen LogP contribution is -2.20. The Bertz CT molecular complexity index is 415. The Morgan fingerprint density at radius 3 is 2.78 bits per heavy atom. The first-order valence-electron chi connectivity index (χ1n) is 7.21. The standard InChI is InChI=1S/C16H22ClN/c1-11(17)15-4-2-3-5-16(15)18-10-14-9-12-6-7-13(14)8-12/h2-5,11-14,18H,6-10H2,1H3. The van der Waals surface area contributed by atoms with Gasteiger partial charge < -0.3 is 5.32 Å². The van der Waals surface area contributed by atoms with Crippen molar-refractivity contribution in [2.45, 2.75) is 38.0 Å². The molecule has 1 N–H and O–H groups in total. The molecule has 2 aliphatic rings. The molecule has 1 nitrogen and oxygen atoms in total. The lowest BCUT2D eigenvalue weighted by Gasteiger charge is -2.23. The van der Waals surface area contributed by atoms with Crippen LogP contribution in [0.2, 0.25) is 0 Å². The summed E-state index contributed by atoms with van der Waals surface area (Å²) in [4.78, 5) is 0. The van der Waals surface area contributed by atoms with E-state index in [0.717, 1.165) is 24.3 Å². The molecule has 4 unspecified atom stereocenters. The average Bonchev–Trinajstić information content (AvgIpc) is 2.98. The molecule has 2 fully saturated rings. The van der Waals surface area contributed by atoms with Crippen LogP contribution in [0.3, 0.4) is 0 Å². The van der Waals surface area contributed by atoms with E-state index in [1.165, 1.54) is 36.9 Å². The molecule has 2 saturated carbocycles. The van der Waals surface area contributed by atoms with E-state index in [4.69, 9.17) is 11.6 Å². The average molecular weight is 264 g/mol. The van der Waals surface area contributed by atoms with Crippen LogP contribution < -0.4 is 5.32 Å². The van der Waals surface area contributed by atoms with Crippen LogP contribution in [0.15, 0.2) is 24.3 Å². The molecule has 2 bridgehead atoms. The number of anilines is 1. The smallest absolute Gasteiger partial charge is 0.0577 e. The molecule has 0 aromatic heterocycles. The Morgan fingerprint density at radius 2 is 2.11 bits per heavy atom. The highest BCUT2D eigenvalue weighted by Crippen LogP contribution is 2.48.